The SMILES string of the molecule is CCN(CC)S(=O)(=O)c1cc(NCC(=O)Nc2ccc(C)c(F)c2)ccc1C. The minimum Gasteiger partial charge on any atom is -0.376 e. The molecule has 0 saturated carbocycles. The van der Waals surface area contributed by atoms with Crippen LogP contribution in [0.3, 0.4) is 0 Å². The first-order valence-corrected chi connectivity index (χ1v) is 10.5. The number of rotatable bonds is 8. The normalized spacial score (nSPS) is 11.5. The van der Waals surface area contributed by atoms with E-state index in [0.717, 1.165) is 0 Å². The Balaban J connectivity index is 2.10. The third-order valence-corrected chi connectivity index (χ3v) is 6.61. The van der Waals surface area contributed by atoms with Crippen molar-refractivity contribution in [2.24, 2.45) is 0 Å². The van der Waals surface area contributed by atoms with Crippen molar-refractivity contribution in [1.82, 2.24) is 4.31 Å². The molecule has 152 valence electrons. The molecule has 28 heavy (non-hydrogen) atoms. The highest BCUT2D eigenvalue weighted by molar-refractivity contribution is 7.89. The molecule has 0 saturated heterocycles. The van der Waals surface area contributed by atoms with Crippen LogP contribution in [0.15, 0.2) is 41.3 Å². The molecule has 0 aromatic heterocycles. The quantitative estimate of drug-likeness (QED) is 0.702. The van der Waals surface area contributed by atoms with Crippen LogP contribution in [0.1, 0.15) is 25.0 Å². The van der Waals surface area contributed by atoms with Gasteiger partial charge in [-0.2, -0.15) is 4.31 Å². The second kappa shape index (κ2) is 9.16. The van der Waals surface area contributed by atoms with Crippen LogP contribution in [-0.4, -0.2) is 38.3 Å². The average Bonchev–Trinajstić information content (AvgIpc) is 2.64. The number of halogens is 1. The van der Waals surface area contributed by atoms with Crippen molar-refractivity contribution in [3.05, 3.63) is 53.3 Å². The van der Waals surface area contributed by atoms with Crippen LogP contribution in [0.2, 0.25) is 0 Å². The Morgan fingerprint density at radius 1 is 1.00 bits per heavy atom. The Kier molecular flexibility index (Phi) is 7.15. The molecule has 0 atom stereocenters. The first kappa shape index (κ1) is 21.8. The maximum Gasteiger partial charge on any atom is 0.243 e. The molecule has 0 heterocycles. The highest BCUT2D eigenvalue weighted by atomic mass is 32.2. The Morgan fingerprint density at radius 3 is 2.21 bits per heavy atom. The number of amides is 1. The summed E-state index contributed by atoms with van der Waals surface area (Å²) >= 11 is 0. The maximum atomic E-state index is 13.6. The lowest BCUT2D eigenvalue weighted by molar-refractivity contribution is -0.114. The van der Waals surface area contributed by atoms with Crippen LogP contribution in [0, 0.1) is 19.7 Å². The van der Waals surface area contributed by atoms with Crippen LogP contribution < -0.4 is 10.6 Å². The van der Waals surface area contributed by atoms with E-state index in [2.05, 4.69) is 10.6 Å². The molecule has 0 radical (unpaired) electrons. The average molecular weight is 408 g/mol. The van der Waals surface area contributed by atoms with Crippen molar-refractivity contribution >= 4 is 27.3 Å². The fraction of sp³-hybridized carbons (Fsp3) is 0.350. The number of carbonyl (C=O) groups is 1. The molecule has 0 aliphatic rings. The molecule has 6 nitrogen and oxygen atoms in total. The maximum absolute atomic E-state index is 13.6. The van der Waals surface area contributed by atoms with Crippen molar-refractivity contribution in [2.45, 2.75) is 32.6 Å². The Labute approximate surface area is 165 Å². The lowest BCUT2D eigenvalue weighted by Gasteiger charge is -2.20. The summed E-state index contributed by atoms with van der Waals surface area (Å²) in [4.78, 5) is 12.3. The van der Waals surface area contributed by atoms with Gasteiger partial charge in [-0.1, -0.05) is 26.0 Å². The van der Waals surface area contributed by atoms with Crippen molar-refractivity contribution in [1.29, 1.82) is 0 Å². The van der Waals surface area contributed by atoms with Crippen molar-refractivity contribution < 1.29 is 17.6 Å². The lowest BCUT2D eigenvalue weighted by Crippen LogP contribution is -2.31. The predicted octanol–water partition coefficient (Wildman–Crippen LogP) is 3.52. The molecule has 2 N–H and O–H groups in total. The van der Waals surface area contributed by atoms with Crippen molar-refractivity contribution in [3.8, 4) is 0 Å². The summed E-state index contributed by atoms with van der Waals surface area (Å²) < 4.78 is 40.5. The number of anilines is 2. The van der Waals surface area contributed by atoms with Gasteiger partial charge in [-0.3, -0.25) is 4.79 Å². The summed E-state index contributed by atoms with van der Waals surface area (Å²) in [7, 11) is -3.60. The van der Waals surface area contributed by atoms with E-state index in [9.17, 15) is 17.6 Å². The van der Waals surface area contributed by atoms with E-state index in [1.54, 1.807) is 52.0 Å². The number of benzene rings is 2. The van der Waals surface area contributed by atoms with Gasteiger partial charge >= 0.3 is 0 Å². The lowest BCUT2D eigenvalue weighted by atomic mass is 10.2. The first-order valence-electron chi connectivity index (χ1n) is 9.09. The molecule has 2 aromatic rings. The van der Waals surface area contributed by atoms with E-state index < -0.39 is 15.8 Å². The number of carbonyl (C=O) groups excluding carboxylic acids is 1. The van der Waals surface area contributed by atoms with Crippen LogP contribution in [0.25, 0.3) is 0 Å². The van der Waals surface area contributed by atoms with Gasteiger partial charge in [0.05, 0.1) is 11.4 Å². The Hall–Kier alpha value is -2.45. The van der Waals surface area contributed by atoms with E-state index in [-0.39, 0.29) is 17.3 Å². The second-order valence-corrected chi connectivity index (χ2v) is 8.34. The number of nitrogens with zero attached hydrogens (tertiary/aromatic N) is 1. The topological polar surface area (TPSA) is 78.5 Å². The van der Waals surface area contributed by atoms with Crippen molar-refractivity contribution in [3.63, 3.8) is 0 Å². The van der Waals surface area contributed by atoms with E-state index in [1.165, 1.54) is 16.4 Å². The number of aryl methyl sites for hydroxylation is 2. The number of sulfonamides is 1. The zero-order chi connectivity index (χ0) is 20.9. The Morgan fingerprint density at radius 2 is 1.61 bits per heavy atom. The summed E-state index contributed by atoms with van der Waals surface area (Å²) in [5, 5.41) is 5.52. The van der Waals surface area contributed by atoms with Gasteiger partial charge in [-0.05, 0) is 49.2 Å². The molecule has 2 aromatic carbocycles. The molecular weight excluding hydrogens is 381 g/mol. The zero-order valence-corrected chi connectivity index (χ0v) is 17.4. The molecule has 0 fully saturated rings. The molecule has 8 heteroatoms. The van der Waals surface area contributed by atoms with Crippen molar-refractivity contribution in [2.75, 3.05) is 30.3 Å². The smallest absolute Gasteiger partial charge is 0.243 e. The van der Waals surface area contributed by atoms with Gasteiger partial charge in [0.25, 0.3) is 0 Å². The van der Waals surface area contributed by atoms with Crippen LogP contribution in [0.5, 0.6) is 0 Å². The standard InChI is InChI=1S/C20H26FN3O3S/c1-5-24(6-2)28(26,27)19-12-16(9-8-15(19)4)22-13-20(25)23-17-10-7-14(3)18(21)11-17/h7-12,22H,5-6,13H2,1-4H3,(H,23,25). The van der Waals surface area contributed by atoms with E-state index >= 15 is 0 Å². The summed E-state index contributed by atoms with van der Waals surface area (Å²) in [6.45, 7) is 7.64. The summed E-state index contributed by atoms with van der Waals surface area (Å²) in [5.74, 6) is -0.757. The van der Waals surface area contributed by atoms with Crippen LogP contribution >= 0.6 is 0 Å². The fourth-order valence-corrected chi connectivity index (χ4v) is 4.46. The molecule has 2 rings (SSSR count). The van der Waals surface area contributed by atoms with Gasteiger partial charge in [0.15, 0.2) is 0 Å². The van der Waals surface area contributed by atoms with Gasteiger partial charge in [-0.15, -0.1) is 0 Å². The van der Waals surface area contributed by atoms with Gasteiger partial charge < -0.3 is 10.6 Å². The molecule has 1 amide bonds. The summed E-state index contributed by atoms with van der Waals surface area (Å²) in [6.07, 6.45) is 0. The predicted molar refractivity (Wildman–Crippen MR) is 110 cm³/mol. The van der Waals surface area contributed by atoms with Crippen LogP contribution in [0.4, 0.5) is 15.8 Å². The van der Waals surface area contributed by atoms with Gasteiger partial charge in [-0.25, -0.2) is 12.8 Å². The second-order valence-electron chi connectivity index (χ2n) is 6.44. The Bertz CT molecular complexity index is 957. The highest BCUT2D eigenvalue weighted by Gasteiger charge is 2.23. The minimum atomic E-state index is -3.60. The molecule has 0 aliphatic heterocycles. The monoisotopic (exact) mass is 407 g/mol. The summed E-state index contributed by atoms with van der Waals surface area (Å²) in [6, 6.07) is 9.41. The summed E-state index contributed by atoms with van der Waals surface area (Å²) in [5.41, 5.74) is 2.01. The van der Waals surface area contributed by atoms with Gasteiger partial charge in [0.1, 0.15) is 5.82 Å². The number of hydrogen-bond acceptors (Lipinski definition) is 4. The van der Waals surface area contributed by atoms with Gasteiger partial charge in [0.2, 0.25) is 15.9 Å². The largest absolute Gasteiger partial charge is 0.376 e. The zero-order valence-electron chi connectivity index (χ0n) is 16.5. The van der Waals surface area contributed by atoms with E-state index in [4.69, 9.17) is 0 Å². The van der Waals surface area contributed by atoms with E-state index in [1.807, 2.05) is 0 Å². The highest BCUT2D eigenvalue weighted by Crippen LogP contribution is 2.23. The molecular formula is C20H26FN3O3S. The molecule has 0 bridgehead atoms. The van der Waals surface area contributed by atoms with Crippen LogP contribution in [-0.2, 0) is 14.8 Å². The molecule has 0 spiro atoms. The first-order chi connectivity index (χ1) is 13.2. The molecule has 0 unspecified atom stereocenters. The minimum absolute atomic E-state index is 0.0800. The number of hydrogen-bond donors (Lipinski definition) is 2. The molecule has 0 aliphatic carbocycles. The van der Waals surface area contributed by atoms with E-state index in [0.29, 0.717) is 35.6 Å². The fourth-order valence-electron chi connectivity index (χ4n) is 2.75. The third kappa shape index (κ3) is 5.08. The number of nitrogens with one attached hydrogen (secondary N) is 2. The third-order valence-electron chi connectivity index (χ3n) is 4.42. The van der Waals surface area contributed by atoms with Gasteiger partial charge in [0, 0.05) is 24.5 Å².